The quantitative estimate of drug-likeness (QED) is 0.370. The number of carboxylic acids is 1. The second kappa shape index (κ2) is 6.97. The third-order valence-corrected chi connectivity index (χ3v) is 5.55. The molecule has 138 valence electrons. The highest BCUT2D eigenvalue weighted by Gasteiger charge is 2.51. The number of H-pyrrole nitrogens is 1. The number of rotatable bonds is 6. The summed E-state index contributed by atoms with van der Waals surface area (Å²) >= 11 is 1.30. The second-order valence-corrected chi connectivity index (χ2v) is 7.03. The van der Waals surface area contributed by atoms with Gasteiger partial charge in [-0.05, 0) is 11.6 Å². The molecule has 2 aliphatic heterocycles. The number of β-lactam (4-membered cyclic amide) rings is 1. The Bertz CT molecular complexity index is 969. The summed E-state index contributed by atoms with van der Waals surface area (Å²) in [4.78, 5) is 25.2. The van der Waals surface area contributed by atoms with Crippen molar-refractivity contribution in [2.45, 2.75) is 24.9 Å². The number of nitrogens with one attached hydrogen (secondary N) is 1. The number of aromatic nitrogens is 4. The fraction of sp³-hybridized carbons (Fsp3) is 0.235. The van der Waals surface area contributed by atoms with Gasteiger partial charge in [0.15, 0.2) is 18.9 Å². The lowest BCUT2D eigenvalue weighted by atomic mass is 9.94. The van der Waals surface area contributed by atoms with Crippen molar-refractivity contribution in [3.8, 4) is 0 Å². The molecule has 1 saturated heterocycles. The largest absolute Gasteiger partial charge is 0.477 e. The van der Waals surface area contributed by atoms with Crippen LogP contribution in [-0.4, -0.2) is 47.8 Å². The topological polar surface area (TPSA) is 123 Å². The number of hydrogen-bond acceptors (Lipinski definition) is 6. The molecule has 1 atom stereocenters. The number of aryl methyl sites for hydroxylation is 1. The van der Waals surface area contributed by atoms with E-state index >= 15 is 0 Å². The van der Waals surface area contributed by atoms with Crippen LogP contribution in [0, 0.1) is 0 Å². The predicted molar refractivity (Wildman–Crippen MR) is 94.4 cm³/mol. The summed E-state index contributed by atoms with van der Waals surface area (Å²) in [7, 11) is 0. The van der Waals surface area contributed by atoms with Gasteiger partial charge in [0.1, 0.15) is 16.8 Å². The summed E-state index contributed by atoms with van der Waals surface area (Å²) in [5, 5.41) is 30.2. The normalized spacial score (nSPS) is 20.2. The van der Waals surface area contributed by atoms with E-state index < -0.39 is 5.97 Å². The molecule has 4 rings (SSSR count). The summed E-state index contributed by atoms with van der Waals surface area (Å²) in [6.07, 6.45) is 5.79. The van der Waals surface area contributed by atoms with Gasteiger partial charge >= 0.3 is 5.97 Å². The molecule has 0 bridgehead atoms. The molecule has 2 aliphatic rings. The van der Waals surface area contributed by atoms with Crippen LogP contribution in [0.3, 0.4) is 0 Å². The van der Waals surface area contributed by atoms with Crippen LogP contribution >= 0.6 is 11.8 Å². The number of carbonyl (C=O) groups is 2. The Morgan fingerprint density at radius 3 is 3.00 bits per heavy atom. The molecule has 3 N–H and O–H groups in total. The van der Waals surface area contributed by atoms with Crippen molar-refractivity contribution in [1.82, 2.24) is 20.3 Å². The van der Waals surface area contributed by atoms with Crippen LogP contribution in [0.1, 0.15) is 17.7 Å². The Hall–Kier alpha value is -2.98. The highest BCUT2D eigenvalue weighted by Crippen LogP contribution is 2.47. The first-order valence-electron chi connectivity index (χ1n) is 8.20. The Morgan fingerprint density at radius 1 is 1.44 bits per heavy atom. The number of amides is 1. The molecule has 0 aromatic carbocycles. The molecule has 4 heterocycles. The van der Waals surface area contributed by atoms with Crippen molar-refractivity contribution in [3.05, 3.63) is 58.7 Å². The van der Waals surface area contributed by atoms with E-state index in [2.05, 4.69) is 15.4 Å². The lowest BCUT2D eigenvalue weighted by molar-refractivity contribution is -0.696. The van der Waals surface area contributed by atoms with E-state index in [-0.39, 0.29) is 23.6 Å². The molecule has 0 radical (unpaired) electrons. The van der Waals surface area contributed by atoms with E-state index in [0.29, 0.717) is 24.2 Å². The fourth-order valence-electron chi connectivity index (χ4n) is 3.18. The fourth-order valence-corrected chi connectivity index (χ4v) is 4.37. The standard InChI is InChI=1S/C17H15N5O4S/c23-8-10-2-1-4-21(7-10)5-3-11(12-6-18-20-19-12)14-15(24)22-13(17(25)26)9-27-16(14)22/h1-2,4,6-7,9,16,23H,3,5,8H2,(H-,18,19,20,24,25,26)/p+1/t16-/m1/s1. The SMILES string of the molecule is O=C(O)C1=CS[C@@H]2/C(=C(/CC[n+]3cccc(CO)c3)c3cn[nH]n3)C(=O)N12. The first kappa shape index (κ1) is 17.4. The number of aromatic amines is 1. The number of pyridine rings is 1. The number of aliphatic hydroxyl groups excluding tert-OH is 1. The number of hydrogen-bond donors (Lipinski definition) is 3. The molecule has 10 heteroatoms. The van der Waals surface area contributed by atoms with Gasteiger partial charge in [0, 0.05) is 23.5 Å². The van der Waals surface area contributed by atoms with Crippen molar-refractivity contribution >= 4 is 29.2 Å². The van der Waals surface area contributed by atoms with E-state index in [0.717, 1.165) is 11.1 Å². The summed E-state index contributed by atoms with van der Waals surface area (Å²) in [5.74, 6) is -1.43. The van der Waals surface area contributed by atoms with Gasteiger partial charge in [-0.3, -0.25) is 9.69 Å². The smallest absolute Gasteiger partial charge is 0.353 e. The van der Waals surface area contributed by atoms with Gasteiger partial charge in [0.05, 0.1) is 18.4 Å². The van der Waals surface area contributed by atoms with Crippen molar-refractivity contribution < 1.29 is 24.4 Å². The van der Waals surface area contributed by atoms with Crippen LogP contribution in [0.15, 0.2) is 47.4 Å². The highest BCUT2D eigenvalue weighted by molar-refractivity contribution is 8.03. The zero-order valence-corrected chi connectivity index (χ0v) is 14.9. The molecule has 0 unspecified atom stereocenters. The van der Waals surface area contributed by atoms with Crippen LogP contribution in [0.25, 0.3) is 5.57 Å². The highest BCUT2D eigenvalue weighted by atomic mass is 32.2. The zero-order chi connectivity index (χ0) is 19.0. The molecule has 2 aromatic rings. The molecular weight excluding hydrogens is 370 g/mol. The molecule has 2 aromatic heterocycles. The van der Waals surface area contributed by atoms with Gasteiger partial charge in [-0.2, -0.15) is 15.4 Å². The number of carbonyl (C=O) groups excluding carboxylic acids is 1. The molecule has 1 fully saturated rings. The van der Waals surface area contributed by atoms with E-state index in [4.69, 9.17) is 0 Å². The van der Waals surface area contributed by atoms with Crippen molar-refractivity contribution in [1.29, 1.82) is 0 Å². The number of carboxylic acid groups (broad SMARTS) is 1. The van der Waals surface area contributed by atoms with E-state index in [9.17, 15) is 19.8 Å². The first-order chi connectivity index (χ1) is 13.1. The maximum Gasteiger partial charge on any atom is 0.353 e. The van der Waals surface area contributed by atoms with Crippen LogP contribution in [0.4, 0.5) is 0 Å². The minimum absolute atomic E-state index is 0.00303. The molecule has 0 spiro atoms. The average Bonchev–Trinajstić information content (AvgIpc) is 3.33. The lowest BCUT2D eigenvalue weighted by Gasteiger charge is -2.38. The number of aliphatic carboxylic acids is 1. The van der Waals surface area contributed by atoms with Crippen molar-refractivity contribution in [2.75, 3.05) is 0 Å². The molecular formula is C17H16N5O4S+. The van der Waals surface area contributed by atoms with E-state index in [1.54, 1.807) is 6.20 Å². The maximum atomic E-state index is 12.7. The summed E-state index contributed by atoms with van der Waals surface area (Å²) in [6, 6.07) is 3.68. The Morgan fingerprint density at radius 2 is 2.30 bits per heavy atom. The Balaban J connectivity index is 1.62. The third kappa shape index (κ3) is 3.02. The summed E-state index contributed by atoms with van der Waals surface area (Å²) in [6.45, 7) is 0.525. The monoisotopic (exact) mass is 386 g/mol. The van der Waals surface area contributed by atoms with Gasteiger partial charge in [0.2, 0.25) is 0 Å². The number of allylic oxidation sites excluding steroid dienone is 1. The number of thioether (sulfide) groups is 1. The van der Waals surface area contributed by atoms with E-state index in [1.165, 1.54) is 22.1 Å². The molecule has 0 aliphatic carbocycles. The first-order valence-corrected chi connectivity index (χ1v) is 9.15. The van der Waals surface area contributed by atoms with Crippen LogP contribution in [-0.2, 0) is 22.7 Å². The van der Waals surface area contributed by atoms with Gasteiger partial charge in [-0.1, -0.05) is 0 Å². The maximum absolute atomic E-state index is 12.7. The number of aliphatic hydroxyl groups is 1. The van der Waals surface area contributed by atoms with Gasteiger partial charge in [-0.25, -0.2) is 9.36 Å². The minimum atomic E-state index is -1.11. The molecule has 1 amide bonds. The van der Waals surface area contributed by atoms with Crippen LogP contribution < -0.4 is 4.57 Å². The van der Waals surface area contributed by atoms with Crippen LogP contribution in [0.5, 0.6) is 0 Å². The van der Waals surface area contributed by atoms with Crippen molar-refractivity contribution in [2.24, 2.45) is 0 Å². The van der Waals surface area contributed by atoms with Crippen molar-refractivity contribution in [3.63, 3.8) is 0 Å². The molecule has 27 heavy (non-hydrogen) atoms. The number of fused-ring (bicyclic) bond motifs is 1. The molecule has 0 saturated carbocycles. The summed E-state index contributed by atoms with van der Waals surface area (Å²) in [5.41, 5.74) is 2.66. The average molecular weight is 386 g/mol. The van der Waals surface area contributed by atoms with Gasteiger partial charge in [-0.15, -0.1) is 11.8 Å². The predicted octanol–water partition coefficient (Wildman–Crippen LogP) is 0.269. The van der Waals surface area contributed by atoms with Gasteiger partial charge in [0.25, 0.3) is 5.91 Å². The minimum Gasteiger partial charge on any atom is -0.477 e. The molecule has 9 nitrogen and oxygen atoms in total. The summed E-state index contributed by atoms with van der Waals surface area (Å²) < 4.78 is 1.93. The second-order valence-electron chi connectivity index (χ2n) is 6.08. The Labute approximate surface area is 158 Å². The third-order valence-electron chi connectivity index (χ3n) is 4.49. The van der Waals surface area contributed by atoms with E-state index in [1.807, 2.05) is 29.1 Å². The number of nitrogens with zero attached hydrogens (tertiary/aromatic N) is 4. The lowest BCUT2D eigenvalue weighted by Crippen LogP contribution is -2.52. The Kier molecular flexibility index (Phi) is 4.50. The van der Waals surface area contributed by atoms with Gasteiger partial charge < -0.3 is 10.2 Å². The van der Waals surface area contributed by atoms with Crippen LogP contribution in [0.2, 0.25) is 0 Å². The zero-order valence-electron chi connectivity index (χ0n) is 14.1.